The van der Waals surface area contributed by atoms with Crippen molar-refractivity contribution in [3.63, 3.8) is 0 Å². The molecule has 3 rings (SSSR count). The Labute approximate surface area is 152 Å². The third kappa shape index (κ3) is 3.77. The number of fused-ring (bicyclic) bond motifs is 1. The molecule has 5 nitrogen and oxygen atoms in total. The molecular formula is C17H17F3N4OS. The molecule has 138 valence electrons. The van der Waals surface area contributed by atoms with E-state index in [1.54, 1.807) is 0 Å². The van der Waals surface area contributed by atoms with Crippen LogP contribution < -0.4 is 10.6 Å². The SMILES string of the molecule is CCCSc1nc(N)c2c(n1)N(Cc1ccc(C(F)(F)F)cc1)C(=O)C2. The van der Waals surface area contributed by atoms with E-state index in [1.807, 2.05) is 6.92 Å². The lowest BCUT2D eigenvalue weighted by atomic mass is 10.1. The first-order valence-electron chi connectivity index (χ1n) is 8.05. The molecule has 26 heavy (non-hydrogen) atoms. The van der Waals surface area contributed by atoms with Crippen LogP contribution in [0.4, 0.5) is 24.8 Å². The van der Waals surface area contributed by atoms with E-state index in [9.17, 15) is 18.0 Å². The van der Waals surface area contributed by atoms with Gasteiger partial charge in [-0.25, -0.2) is 9.97 Å². The van der Waals surface area contributed by atoms with Crippen LogP contribution in [0.1, 0.15) is 30.0 Å². The Hall–Kier alpha value is -2.29. The van der Waals surface area contributed by atoms with Crippen molar-refractivity contribution in [1.29, 1.82) is 0 Å². The maximum atomic E-state index is 12.7. The summed E-state index contributed by atoms with van der Waals surface area (Å²) in [7, 11) is 0. The summed E-state index contributed by atoms with van der Waals surface area (Å²) in [6.45, 7) is 2.17. The van der Waals surface area contributed by atoms with Crippen LogP contribution in [0, 0.1) is 0 Å². The summed E-state index contributed by atoms with van der Waals surface area (Å²) < 4.78 is 38.0. The largest absolute Gasteiger partial charge is 0.416 e. The number of nitrogens with zero attached hydrogens (tertiary/aromatic N) is 3. The number of carbonyl (C=O) groups excluding carboxylic acids is 1. The first-order chi connectivity index (χ1) is 12.3. The molecule has 0 atom stereocenters. The van der Waals surface area contributed by atoms with Crippen LogP contribution in [-0.4, -0.2) is 21.6 Å². The molecule has 0 saturated heterocycles. The van der Waals surface area contributed by atoms with E-state index in [0.717, 1.165) is 24.3 Å². The first-order valence-corrected chi connectivity index (χ1v) is 9.04. The van der Waals surface area contributed by atoms with E-state index in [2.05, 4.69) is 9.97 Å². The highest BCUT2D eigenvalue weighted by atomic mass is 32.2. The maximum absolute atomic E-state index is 12.7. The lowest BCUT2D eigenvalue weighted by molar-refractivity contribution is -0.137. The average molecular weight is 382 g/mol. The summed E-state index contributed by atoms with van der Waals surface area (Å²) in [4.78, 5) is 22.5. The Morgan fingerprint density at radius 1 is 1.23 bits per heavy atom. The number of aromatic nitrogens is 2. The summed E-state index contributed by atoms with van der Waals surface area (Å²) in [6.07, 6.45) is -3.35. The molecule has 0 aliphatic carbocycles. The van der Waals surface area contributed by atoms with Gasteiger partial charge in [-0.3, -0.25) is 9.69 Å². The molecule has 0 saturated carbocycles. The fourth-order valence-electron chi connectivity index (χ4n) is 2.63. The maximum Gasteiger partial charge on any atom is 0.416 e. The average Bonchev–Trinajstić information content (AvgIpc) is 2.89. The fraction of sp³-hybridized carbons (Fsp3) is 0.353. The second-order valence-electron chi connectivity index (χ2n) is 5.89. The fourth-order valence-corrected chi connectivity index (χ4v) is 3.33. The zero-order valence-corrected chi connectivity index (χ0v) is 14.8. The molecule has 1 aliphatic rings. The Kier molecular flexibility index (Phi) is 5.08. The van der Waals surface area contributed by atoms with Gasteiger partial charge in [-0.15, -0.1) is 0 Å². The number of thioether (sulfide) groups is 1. The van der Waals surface area contributed by atoms with E-state index in [0.29, 0.717) is 22.1 Å². The minimum absolute atomic E-state index is 0.0977. The van der Waals surface area contributed by atoms with Gasteiger partial charge in [-0.05, 0) is 24.1 Å². The van der Waals surface area contributed by atoms with Crippen molar-refractivity contribution in [2.45, 2.75) is 37.6 Å². The number of hydrogen-bond donors (Lipinski definition) is 1. The third-order valence-electron chi connectivity index (χ3n) is 3.94. The van der Waals surface area contributed by atoms with Crippen LogP contribution in [-0.2, 0) is 23.9 Å². The number of nitrogens with two attached hydrogens (primary N) is 1. The Bertz CT molecular complexity index is 824. The third-order valence-corrected chi connectivity index (χ3v) is 4.99. The molecule has 0 radical (unpaired) electrons. The highest BCUT2D eigenvalue weighted by molar-refractivity contribution is 7.99. The predicted molar refractivity (Wildman–Crippen MR) is 93.8 cm³/mol. The van der Waals surface area contributed by atoms with Crippen LogP contribution >= 0.6 is 11.8 Å². The summed E-state index contributed by atoms with van der Waals surface area (Å²) in [6, 6.07) is 4.75. The summed E-state index contributed by atoms with van der Waals surface area (Å²) in [5.74, 6) is 1.35. The molecule has 2 N–H and O–H groups in total. The van der Waals surface area contributed by atoms with Crippen molar-refractivity contribution < 1.29 is 18.0 Å². The number of amides is 1. The Morgan fingerprint density at radius 3 is 2.54 bits per heavy atom. The highest BCUT2D eigenvalue weighted by Crippen LogP contribution is 2.34. The zero-order chi connectivity index (χ0) is 18.9. The monoisotopic (exact) mass is 382 g/mol. The van der Waals surface area contributed by atoms with Gasteiger partial charge < -0.3 is 5.73 Å². The normalized spacial score (nSPS) is 14.0. The number of hydrogen-bond acceptors (Lipinski definition) is 5. The first kappa shape index (κ1) is 18.5. The molecule has 1 aliphatic heterocycles. The van der Waals surface area contributed by atoms with E-state index >= 15 is 0 Å². The molecule has 1 amide bonds. The van der Waals surface area contributed by atoms with Crippen LogP contribution in [0.25, 0.3) is 0 Å². The minimum atomic E-state index is -4.39. The van der Waals surface area contributed by atoms with Gasteiger partial charge in [0.15, 0.2) is 5.16 Å². The minimum Gasteiger partial charge on any atom is -0.383 e. The number of rotatable bonds is 5. The van der Waals surface area contributed by atoms with E-state index < -0.39 is 11.7 Å². The summed E-state index contributed by atoms with van der Waals surface area (Å²) >= 11 is 1.45. The molecule has 0 fully saturated rings. The van der Waals surface area contributed by atoms with Crippen molar-refractivity contribution in [1.82, 2.24) is 9.97 Å². The Morgan fingerprint density at radius 2 is 1.92 bits per heavy atom. The summed E-state index contributed by atoms with van der Waals surface area (Å²) in [5, 5.41) is 0.496. The smallest absolute Gasteiger partial charge is 0.383 e. The van der Waals surface area contributed by atoms with Gasteiger partial charge in [0.2, 0.25) is 5.91 Å². The van der Waals surface area contributed by atoms with Crippen molar-refractivity contribution in [2.75, 3.05) is 16.4 Å². The number of carbonyl (C=O) groups is 1. The van der Waals surface area contributed by atoms with E-state index in [1.165, 1.54) is 28.8 Å². The quantitative estimate of drug-likeness (QED) is 0.631. The van der Waals surface area contributed by atoms with E-state index in [-0.39, 0.29) is 24.7 Å². The number of anilines is 2. The van der Waals surface area contributed by atoms with Gasteiger partial charge in [-0.1, -0.05) is 30.8 Å². The number of benzene rings is 1. The second-order valence-corrected chi connectivity index (χ2v) is 6.96. The lowest BCUT2D eigenvalue weighted by Crippen LogP contribution is -2.26. The second kappa shape index (κ2) is 7.14. The number of nitrogen functional groups attached to an aromatic ring is 1. The van der Waals surface area contributed by atoms with Gasteiger partial charge in [0.25, 0.3) is 0 Å². The molecule has 0 bridgehead atoms. The molecule has 2 heterocycles. The molecule has 1 aromatic heterocycles. The van der Waals surface area contributed by atoms with Crippen molar-refractivity contribution in [3.05, 3.63) is 41.0 Å². The highest BCUT2D eigenvalue weighted by Gasteiger charge is 2.33. The predicted octanol–water partition coefficient (Wildman–Crippen LogP) is 3.67. The molecule has 2 aromatic rings. The lowest BCUT2D eigenvalue weighted by Gasteiger charge is -2.17. The van der Waals surface area contributed by atoms with Crippen LogP contribution in [0.3, 0.4) is 0 Å². The van der Waals surface area contributed by atoms with Crippen LogP contribution in [0.5, 0.6) is 0 Å². The van der Waals surface area contributed by atoms with Gasteiger partial charge in [0, 0.05) is 11.3 Å². The van der Waals surface area contributed by atoms with Gasteiger partial charge in [0.1, 0.15) is 11.6 Å². The topological polar surface area (TPSA) is 72.1 Å². The number of alkyl halides is 3. The summed E-state index contributed by atoms with van der Waals surface area (Å²) in [5.41, 5.74) is 6.39. The number of halogens is 3. The zero-order valence-electron chi connectivity index (χ0n) is 14.0. The molecule has 0 spiro atoms. The van der Waals surface area contributed by atoms with Crippen molar-refractivity contribution in [3.8, 4) is 0 Å². The standard InChI is InChI=1S/C17H17F3N4OS/c1-2-7-26-16-22-14(21)12-8-13(25)24(15(12)23-16)9-10-3-5-11(6-4-10)17(18,19)20/h3-6H,2,7-9H2,1H3,(H2,21,22,23). The van der Waals surface area contributed by atoms with Gasteiger partial charge >= 0.3 is 6.18 Å². The Balaban J connectivity index is 1.86. The molecule has 0 unspecified atom stereocenters. The van der Waals surface area contributed by atoms with E-state index in [4.69, 9.17) is 5.73 Å². The van der Waals surface area contributed by atoms with Crippen LogP contribution in [0.15, 0.2) is 29.4 Å². The van der Waals surface area contributed by atoms with Gasteiger partial charge in [0.05, 0.1) is 18.5 Å². The van der Waals surface area contributed by atoms with Gasteiger partial charge in [-0.2, -0.15) is 13.2 Å². The van der Waals surface area contributed by atoms with Crippen molar-refractivity contribution in [2.24, 2.45) is 0 Å². The molecular weight excluding hydrogens is 365 g/mol. The van der Waals surface area contributed by atoms with Crippen molar-refractivity contribution >= 4 is 29.3 Å². The molecule has 9 heteroatoms. The molecule has 1 aromatic carbocycles. The van der Waals surface area contributed by atoms with Crippen LogP contribution in [0.2, 0.25) is 0 Å².